The molecule has 0 unspecified atom stereocenters. The summed E-state index contributed by atoms with van der Waals surface area (Å²) >= 11 is 0. The molecule has 126 valence electrons. The number of rotatable bonds is 6. The number of aromatic nitrogens is 2. The quantitative estimate of drug-likeness (QED) is 0.871. The van der Waals surface area contributed by atoms with Gasteiger partial charge in [-0.15, -0.1) is 0 Å². The Labute approximate surface area is 134 Å². The maximum absolute atomic E-state index is 11.7. The Kier molecular flexibility index (Phi) is 5.66. The summed E-state index contributed by atoms with van der Waals surface area (Å²) in [4.78, 5) is 0. The summed E-state index contributed by atoms with van der Waals surface area (Å²) in [5.74, 6) is 0. The summed E-state index contributed by atoms with van der Waals surface area (Å²) in [6.45, 7) is 8.06. The number of nitrogens with zero attached hydrogens (tertiary/aromatic N) is 2. The zero-order chi connectivity index (χ0) is 16.3. The molecule has 2 atom stereocenters. The van der Waals surface area contributed by atoms with Crippen molar-refractivity contribution in [2.45, 2.75) is 77.3 Å². The van der Waals surface area contributed by atoms with Crippen LogP contribution in [0.3, 0.4) is 0 Å². The molecule has 1 aromatic heterocycles. The van der Waals surface area contributed by atoms with Gasteiger partial charge < -0.3 is 5.32 Å². The molecule has 2 rings (SSSR count). The summed E-state index contributed by atoms with van der Waals surface area (Å²) in [5.41, 5.74) is 3.56. The van der Waals surface area contributed by atoms with Crippen LogP contribution in [0.5, 0.6) is 0 Å². The second-order valence-corrected chi connectivity index (χ2v) is 8.89. The second kappa shape index (κ2) is 7.13. The van der Waals surface area contributed by atoms with Crippen LogP contribution in [0.1, 0.15) is 56.0 Å². The summed E-state index contributed by atoms with van der Waals surface area (Å²) in [5, 5.41) is 7.98. The predicted molar refractivity (Wildman–Crippen MR) is 89.7 cm³/mol. The van der Waals surface area contributed by atoms with Crippen molar-refractivity contribution in [3.05, 3.63) is 17.0 Å². The van der Waals surface area contributed by atoms with E-state index in [0.29, 0.717) is 6.04 Å². The Bertz CT molecular complexity index is 607. The van der Waals surface area contributed by atoms with Crippen LogP contribution in [-0.4, -0.2) is 35.7 Å². The van der Waals surface area contributed by atoms with Crippen LogP contribution >= 0.6 is 0 Å². The molecule has 1 N–H and O–H groups in total. The first-order chi connectivity index (χ1) is 10.3. The molecule has 0 aliphatic heterocycles. The van der Waals surface area contributed by atoms with Crippen molar-refractivity contribution in [3.63, 3.8) is 0 Å². The smallest absolute Gasteiger partial charge is 0.150 e. The molecular formula is C16H29N3O2S. The molecule has 22 heavy (non-hydrogen) atoms. The molecule has 0 bridgehead atoms. The lowest BCUT2D eigenvalue weighted by Crippen LogP contribution is -2.38. The molecule has 5 nitrogen and oxygen atoms in total. The summed E-state index contributed by atoms with van der Waals surface area (Å²) in [6.07, 6.45) is 6.04. The first-order valence-corrected chi connectivity index (χ1v) is 10.2. The highest BCUT2D eigenvalue weighted by Gasteiger charge is 2.28. The van der Waals surface area contributed by atoms with Gasteiger partial charge in [-0.2, -0.15) is 5.10 Å². The van der Waals surface area contributed by atoms with Crippen molar-refractivity contribution in [2.24, 2.45) is 0 Å². The second-order valence-electron chi connectivity index (χ2n) is 6.57. The average Bonchev–Trinajstić information content (AvgIpc) is 2.71. The molecule has 1 fully saturated rings. The summed E-state index contributed by atoms with van der Waals surface area (Å²) < 4.78 is 25.6. The Morgan fingerprint density at radius 3 is 2.68 bits per heavy atom. The van der Waals surface area contributed by atoms with Crippen molar-refractivity contribution in [3.8, 4) is 0 Å². The SMILES string of the molecule is CCCn1nc(C)c(CN[C@H]2CCC[C@H](S(C)(=O)=O)C2)c1C. The highest BCUT2D eigenvalue weighted by molar-refractivity contribution is 7.91. The standard InChI is InChI=1S/C16H29N3O2S/c1-5-9-19-13(3)16(12(2)18-19)11-17-14-7-6-8-15(10-14)22(4,20)21/h14-15,17H,5-11H2,1-4H3/t14-,15-/m0/s1. The summed E-state index contributed by atoms with van der Waals surface area (Å²) in [7, 11) is -2.92. The van der Waals surface area contributed by atoms with Gasteiger partial charge in [0.15, 0.2) is 0 Å². The predicted octanol–water partition coefficient (Wildman–Crippen LogP) is 2.36. The third-order valence-corrected chi connectivity index (χ3v) is 6.41. The van der Waals surface area contributed by atoms with Crippen molar-refractivity contribution >= 4 is 9.84 Å². The number of hydrogen-bond acceptors (Lipinski definition) is 4. The lowest BCUT2D eigenvalue weighted by atomic mass is 9.94. The van der Waals surface area contributed by atoms with E-state index < -0.39 is 9.84 Å². The van der Waals surface area contributed by atoms with E-state index in [9.17, 15) is 8.42 Å². The molecule has 0 radical (unpaired) electrons. The van der Waals surface area contributed by atoms with Gasteiger partial charge in [-0.05, 0) is 39.5 Å². The van der Waals surface area contributed by atoms with Crippen LogP contribution in [0, 0.1) is 13.8 Å². The third kappa shape index (κ3) is 4.10. The van der Waals surface area contributed by atoms with Gasteiger partial charge >= 0.3 is 0 Å². The molecule has 1 aliphatic carbocycles. The first-order valence-electron chi connectivity index (χ1n) is 8.28. The zero-order valence-corrected chi connectivity index (χ0v) is 15.0. The van der Waals surface area contributed by atoms with E-state index in [0.717, 1.165) is 50.9 Å². The molecule has 1 aromatic rings. The van der Waals surface area contributed by atoms with E-state index in [2.05, 4.69) is 35.9 Å². The fourth-order valence-electron chi connectivity index (χ4n) is 3.38. The first kappa shape index (κ1) is 17.5. The number of aryl methyl sites for hydroxylation is 2. The maximum Gasteiger partial charge on any atom is 0.150 e. The normalized spacial score (nSPS) is 22.9. The Morgan fingerprint density at radius 2 is 2.05 bits per heavy atom. The molecule has 1 saturated carbocycles. The van der Waals surface area contributed by atoms with E-state index in [4.69, 9.17) is 0 Å². The van der Waals surface area contributed by atoms with Crippen molar-refractivity contribution in [1.29, 1.82) is 0 Å². The number of hydrogen-bond donors (Lipinski definition) is 1. The van der Waals surface area contributed by atoms with Gasteiger partial charge in [-0.1, -0.05) is 13.3 Å². The molecule has 1 aliphatic rings. The minimum absolute atomic E-state index is 0.177. The highest BCUT2D eigenvalue weighted by Crippen LogP contribution is 2.24. The fourth-order valence-corrected chi connectivity index (χ4v) is 4.56. The van der Waals surface area contributed by atoms with Crippen molar-refractivity contribution in [2.75, 3.05) is 6.26 Å². The van der Waals surface area contributed by atoms with Gasteiger partial charge in [0.1, 0.15) is 9.84 Å². The van der Waals surface area contributed by atoms with Crippen LogP contribution in [-0.2, 0) is 22.9 Å². The zero-order valence-electron chi connectivity index (χ0n) is 14.2. The van der Waals surface area contributed by atoms with E-state index in [1.165, 1.54) is 17.5 Å². The van der Waals surface area contributed by atoms with Gasteiger partial charge in [-0.3, -0.25) is 4.68 Å². The monoisotopic (exact) mass is 327 g/mol. The molecule has 0 amide bonds. The van der Waals surface area contributed by atoms with Gasteiger partial charge in [-0.25, -0.2) is 8.42 Å². The van der Waals surface area contributed by atoms with Crippen LogP contribution in [0.25, 0.3) is 0 Å². The largest absolute Gasteiger partial charge is 0.310 e. The Morgan fingerprint density at radius 1 is 1.32 bits per heavy atom. The highest BCUT2D eigenvalue weighted by atomic mass is 32.2. The molecule has 6 heteroatoms. The van der Waals surface area contributed by atoms with Crippen LogP contribution < -0.4 is 5.32 Å². The van der Waals surface area contributed by atoms with Crippen LogP contribution in [0.2, 0.25) is 0 Å². The van der Waals surface area contributed by atoms with E-state index >= 15 is 0 Å². The minimum Gasteiger partial charge on any atom is -0.310 e. The average molecular weight is 327 g/mol. The van der Waals surface area contributed by atoms with Crippen molar-refractivity contribution < 1.29 is 8.42 Å². The van der Waals surface area contributed by atoms with Gasteiger partial charge in [0.25, 0.3) is 0 Å². The van der Waals surface area contributed by atoms with Crippen LogP contribution in [0.4, 0.5) is 0 Å². The molecule has 1 heterocycles. The van der Waals surface area contributed by atoms with E-state index in [1.807, 2.05) is 0 Å². The number of nitrogens with one attached hydrogen (secondary N) is 1. The molecule has 0 aromatic carbocycles. The van der Waals surface area contributed by atoms with Crippen LogP contribution in [0.15, 0.2) is 0 Å². The molecular weight excluding hydrogens is 298 g/mol. The summed E-state index contributed by atoms with van der Waals surface area (Å²) in [6, 6.07) is 0.293. The molecule has 0 spiro atoms. The maximum atomic E-state index is 11.7. The minimum atomic E-state index is -2.92. The molecule has 0 saturated heterocycles. The lowest BCUT2D eigenvalue weighted by Gasteiger charge is -2.28. The third-order valence-electron chi connectivity index (χ3n) is 4.77. The van der Waals surface area contributed by atoms with Crippen molar-refractivity contribution in [1.82, 2.24) is 15.1 Å². The fraction of sp³-hybridized carbons (Fsp3) is 0.812. The van der Waals surface area contributed by atoms with Gasteiger partial charge in [0.2, 0.25) is 0 Å². The van der Waals surface area contributed by atoms with Gasteiger partial charge in [0.05, 0.1) is 10.9 Å². The van der Waals surface area contributed by atoms with E-state index in [-0.39, 0.29) is 5.25 Å². The van der Waals surface area contributed by atoms with E-state index in [1.54, 1.807) is 0 Å². The Hall–Kier alpha value is -0.880. The number of sulfone groups is 1. The Balaban J connectivity index is 1.98. The topological polar surface area (TPSA) is 64.0 Å². The lowest BCUT2D eigenvalue weighted by molar-refractivity contribution is 0.370. The van der Waals surface area contributed by atoms with Gasteiger partial charge in [0, 0.05) is 36.6 Å².